The van der Waals surface area contributed by atoms with Crippen molar-refractivity contribution in [3.8, 4) is 0 Å². The third-order valence-electron chi connectivity index (χ3n) is 3.31. The van der Waals surface area contributed by atoms with Gasteiger partial charge in [-0.05, 0) is 32.9 Å². The van der Waals surface area contributed by atoms with Gasteiger partial charge in [-0.25, -0.2) is 4.98 Å². The molecule has 0 spiro atoms. The number of carbonyl (C=O) groups is 1. The summed E-state index contributed by atoms with van der Waals surface area (Å²) in [5.74, 6) is -0.152. The molecule has 0 aliphatic rings. The Labute approximate surface area is 141 Å². The van der Waals surface area contributed by atoms with Gasteiger partial charge < -0.3 is 11.1 Å². The minimum absolute atomic E-state index is 0. The Kier molecular flexibility index (Phi) is 6.53. The van der Waals surface area contributed by atoms with Crippen molar-refractivity contribution in [2.75, 3.05) is 6.54 Å². The van der Waals surface area contributed by atoms with Gasteiger partial charge in [-0.2, -0.15) is 0 Å². The molecule has 6 heteroatoms. The normalized spacial score (nSPS) is 10.9. The number of carbonyl (C=O) groups excluding carboxylic acids is 1. The van der Waals surface area contributed by atoms with Gasteiger partial charge in [0.2, 0.25) is 0 Å². The van der Waals surface area contributed by atoms with E-state index >= 15 is 0 Å². The molecule has 1 heterocycles. The molecule has 0 atom stereocenters. The van der Waals surface area contributed by atoms with E-state index in [1.165, 1.54) is 16.9 Å². The van der Waals surface area contributed by atoms with Crippen molar-refractivity contribution in [2.24, 2.45) is 5.73 Å². The zero-order chi connectivity index (χ0) is 15.5. The summed E-state index contributed by atoms with van der Waals surface area (Å²) >= 11 is 1.47. The SMILES string of the molecule is Cc1cccc(C(C)(C)NC(=O)c2csc(CCN)n2)c1.Cl. The van der Waals surface area contributed by atoms with Crippen molar-refractivity contribution in [3.05, 3.63) is 51.5 Å². The lowest BCUT2D eigenvalue weighted by Crippen LogP contribution is -2.41. The molecule has 0 aliphatic heterocycles. The molecule has 2 aromatic rings. The summed E-state index contributed by atoms with van der Waals surface area (Å²) in [6, 6.07) is 8.15. The highest BCUT2D eigenvalue weighted by Gasteiger charge is 2.24. The number of hydrogen-bond acceptors (Lipinski definition) is 4. The average molecular weight is 340 g/mol. The largest absolute Gasteiger partial charge is 0.342 e. The number of aromatic nitrogens is 1. The van der Waals surface area contributed by atoms with Gasteiger partial charge in [0.1, 0.15) is 5.69 Å². The lowest BCUT2D eigenvalue weighted by atomic mass is 9.93. The zero-order valence-corrected chi connectivity index (χ0v) is 14.7. The molecule has 2 rings (SSSR count). The number of nitrogens with zero attached hydrogens (tertiary/aromatic N) is 1. The van der Waals surface area contributed by atoms with Crippen LogP contribution in [0.25, 0.3) is 0 Å². The molecule has 0 bridgehead atoms. The first-order valence-electron chi connectivity index (χ1n) is 6.96. The number of rotatable bonds is 5. The Balaban J connectivity index is 0.00000242. The molecule has 22 heavy (non-hydrogen) atoms. The summed E-state index contributed by atoms with van der Waals surface area (Å²) < 4.78 is 0. The number of nitrogens with one attached hydrogen (secondary N) is 1. The van der Waals surface area contributed by atoms with Crippen molar-refractivity contribution < 1.29 is 4.79 Å². The van der Waals surface area contributed by atoms with E-state index in [-0.39, 0.29) is 18.3 Å². The number of thiazole rings is 1. The first kappa shape index (κ1) is 18.6. The maximum Gasteiger partial charge on any atom is 0.271 e. The molecular weight excluding hydrogens is 318 g/mol. The predicted molar refractivity (Wildman–Crippen MR) is 93.8 cm³/mol. The molecular formula is C16H22ClN3OS. The van der Waals surface area contributed by atoms with Crippen LogP contribution in [0.4, 0.5) is 0 Å². The summed E-state index contributed by atoms with van der Waals surface area (Å²) in [5.41, 5.74) is 7.77. The van der Waals surface area contributed by atoms with Crippen molar-refractivity contribution in [2.45, 2.75) is 32.7 Å². The number of hydrogen-bond donors (Lipinski definition) is 2. The molecule has 1 aromatic heterocycles. The third-order valence-corrected chi connectivity index (χ3v) is 4.22. The number of aryl methyl sites for hydroxylation is 1. The monoisotopic (exact) mass is 339 g/mol. The maximum atomic E-state index is 12.3. The molecule has 4 nitrogen and oxygen atoms in total. The van der Waals surface area contributed by atoms with Crippen LogP contribution >= 0.6 is 23.7 Å². The average Bonchev–Trinajstić information content (AvgIpc) is 2.87. The van der Waals surface area contributed by atoms with Gasteiger partial charge in [-0.3, -0.25) is 4.79 Å². The first-order chi connectivity index (χ1) is 9.92. The highest BCUT2D eigenvalue weighted by Crippen LogP contribution is 2.22. The van der Waals surface area contributed by atoms with E-state index in [0.717, 1.165) is 10.6 Å². The van der Waals surface area contributed by atoms with E-state index in [2.05, 4.69) is 16.4 Å². The second-order valence-electron chi connectivity index (χ2n) is 5.61. The minimum atomic E-state index is -0.444. The quantitative estimate of drug-likeness (QED) is 0.879. The van der Waals surface area contributed by atoms with Crippen LogP contribution in [0.3, 0.4) is 0 Å². The van der Waals surface area contributed by atoms with Crippen LogP contribution in [-0.4, -0.2) is 17.4 Å². The molecule has 0 saturated carbocycles. The van der Waals surface area contributed by atoms with Gasteiger partial charge in [0, 0.05) is 11.8 Å². The Morgan fingerprint density at radius 3 is 2.77 bits per heavy atom. The topological polar surface area (TPSA) is 68.0 Å². The molecule has 3 N–H and O–H groups in total. The van der Waals surface area contributed by atoms with E-state index in [4.69, 9.17) is 5.73 Å². The van der Waals surface area contributed by atoms with Crippen molar-refractivity contribution in [1.82, 2.24) is 10.3 Å². The lowest BCUT2D eigenvalue weighted by Gasteiger charge is -2.27. The minimum Gasteiger partial charge on any atom is -0.342 e. The third kappa shape index (κ3) is 4.53. The van der Waals surface area contributed by atoms with Crippen LogP contribution in [0, 0.1) is 6.92 Å². The Hall–Kier alpha value is -1.43. The maximum absolute atomic E-state index is 12.3. The van der Waals surface area contributed by atoms with E-state index < -0.39 is 5.54 Å². The summed E-state index contributed by atoms with van der Waals surface area (Å²) in [4.78, 5) is 16.7. The molecule has 1 aromatic carbocycles. The van der Waals surface area contributed by atoms with Crippen molar-refractivity contribution in [3.63, 3.8) is 0 Å². The Morgan fingerprint density at radius 1 is 1.41 bits per heavy atom. The van der Waals surface area contributed by atoms with E-state index in [1.54, 1.807) is 5.38 Å². The molecule has 0 aliphatic carbocycles. The van der Waals surface area contributed by atoms with Crippen LogP contribution in [-0.2, 0) is 12.0 Å². The molecule has 120 valence electrons. The lowest BCUT2D eigenvalue weighted by molar-refractivity contribution is 0.0907. The van der Waals surface area contributed by atoms with Crippen LogP contribution in [0.15, 0.2) is 29.6 Å². The van der Waals surface area contributed by atoms with E-state index in [9.17, 15) is 4.79 Å². The summed E-state index contributed by atoms with van der Waals surface area (Å²) in [6.07, 6.45) is 0.708. The van der Waals surface area contributed by atoms with Gasteiger partial charge in [-0.1, -0.05) is 29.8 Å². The van der Waals surface area contributed by atoms with Crippen molar-refractivity contribution in [1.29, 1.82) is 0 Å². The van der Waals surface area contributed by atoms with Crippen molar-refractivity contribution >= 4 is 29.7 Å². The number of nitrogens with two attached hydrogens (primary N) is 1. The fourth-order valence-electron chi connectivity index (χ4n) is 2.11. The molecule has 0 saturated heterocycles. The fraction of sp³-hybridized carbons (Fsp3) is 0.375. The van der Waals surface area contributed by atoms with Crippen LogP contribution in [0.1, 0.15) is 40.5 Å². The predicted octanol–water partition coefficient (Wildman–Crippen LogP) is 3.04. The number of benzene rings is 1. The second kappa shape index (κ2) is 7.72. The smallest absolute Gasteiger partial charge is 0.271 e. The second-order valence-corrected chi connectivity index (χ2v) is 6.56. The Bertz CT molecular complexity index is 640. The molecule has 0 radical (unpaired) electrons. The van der Waals surface area contributed by atoms with Crippen LogP contribution in [0.5, 0.6) is 0 Å². The van der Waals surface area contributed by atoms with Crippen LogP contribution < -0.4 is 11.1 Å². The molecule has 1 amide bonds. The van der Waals surface area contributed by atoms with Gasteiger partial charge >= 0.3 is 0 Å². The summed E-state index contributed by atoms with van der Waals surface area (Å²) in [6.45, 7) is 6.57. The summed E-state index contributed by atoms with van der Waals surface area (Å²) in [5, 5.41) is 5.73. The number of halogens is 1. The van der Waals surface area contributed by atoms with Gasteiger partial charge in [0.25, 0.3) is 5.91 Å². The first-order valence-corrected chi connectivity index (χ1v) is 7.84. The molecule has 0 unspecified atom stereocenters. The van der Waals surface area contributed by atoms with E-state index in [0.29, 0.717) is 18.7 Å². The molecule has 0 fully saturated rings. The van der Waals surface area contributed by atoms with Crippen LogP contribution in [0.2, 0.25) is 0 Å². The highest BCUT2D eigenvalue weighted by atomic mass is 35.5. The van der Waals surface area contributed by atoms with E-state index in [1.807, 2.05) is 39.0 Å². The Morgan fingerprint density at radius 2 is 2.14 bits per heavy atom. The van der Waals surface area contributed by atoms with Gasteiger partial charge in [0.15, 0.2) is 0 Å². The zero-order valence-electron chi connectivity index (χ0n) is 13.1. The number of amides is 1. The fourth-order valence-corrected chi connectivity index (χ4v) is 2.90. The van der Waals surface area contributed by atoms with Gasteiger partial charge in [0.05, 0.1) is 10.5 Å². The highest BCUT2D eigenvalue weighted by molar-refractivity contribution is 7.09. The summed E-state index contributed by atoms with van der Waals surface area (Å²) in [7, 11) is 0. The van der Waals surface area contributed by atoms with Gasteiger partial charge in [-0.15, -0.1) is 23.7 Å². The standard InChI is InChI=1S/C16H21N3OS.ClH/c1-11-5-4-6-12(9-11)16(2,3)19-15(20)13-10-21-14(18-13)7-8-17;/h4-6,9-10H,7-8,17H2,1-3H3,(H,19,20);1H.